The van der Waals surface area contributed by atoms with Gasteiger partial charge >= 0.3 is 0 Å². The monoisotopic (exact) mass is 427 g/mol. The van der Waals surface area contributed by atoms with Gasteiger partial charge in [-0.05, 0) is 55.0 Å². The Labute approximate surface area is 179 Å². The lowest BCUT2D eigenvalue weighted by molar-refractivity contribution is -0.133. The smallest absolute Gasteiger partial charge is 0.227 e. The third kappa shape index (κ3) is 5.05. The summed E-state index contributed by atoms with van der Waals surface area (Å²) in [6.07, 6.45) is 3.66. The van der Waals surface area contributed by atoms with E-state index in [0.717, 1.165) is 24.9 Å². The zero-order chi connectivity index (χ0) is 20.9. The van der Waals surface area contributed by atoms with Gasteiger partial charge < -0.3 is 9.42 Å². The summed E-state index contributed by atoms with van der Waals surface area (Å²) >= 11 is 6.02. The van der Waals surface area contributed by atoms with Crippen LogP contribution in [0.2, 0.25) is 5.02 Å². The lowest BCUT2D eigenvalue weighted by Crippen LogP contribution is -2.40. The Balaban J connectivity index is 1.33. The summed E-state index contributed by atoms with van der Waals surface area (Å²) in [4.78, 5) is 19.0. The number of aryl methyl sites for hydroxylation is 1. The van der Waals surface area contributed by atoms with Crippen LogP contribution in [-0.4, -0.2) is 34.0 Å². The number of carbonyl (C=O) groups excluding carboxylic acids is 1. The van der Waals surface area contributed by atoms with E-state index in [2.05, 4.69) is 10.1 Å². The molecule has 0 bridgehead atoms. The first-order chi connectivity index (χ1) is 14.6. The van der Waals surface area contributed by atoms with Crippen molar-refractivity contribution in [1.82, 2.24) is 15.0 Å². The molecule has 4 rings (SSSR count). The molecule has 1 aliphatic heterocycles. The summed E-state index contributed by atoms with van der Waals surface area (Å²) in [5, 5.41) is 4.61. The van der Waals surface area contributed by atoms with Crippen molar-refractivity contribution in [2.24, 2.45) is 5.92 Å². The molecule has 2 aromatic carbocycles. The number of benzene rings is 2. The van der Waals surface area contributed by atoms with Gasteiger partial charge in [-0.25, -0.2) is 4.39 Å². The second-order valence-electron chi connectivity index (χ2n) is 7.67. The van der Waals surface area contributed by atoms with Crippen molar-refractivity contribution in [1.29, 1.82) is 0 Å². The van der Waals surface area contributed by atoms with Gasteiger partial charge in [0.05, 0.1) is 5.56 Å². The van der Waals surface area contributed by atoms with Gasteiger partial charge in [0.15, 0.2) is 0 Å². The maximum absolute atomic E-state index is 13.9. The number of carbonyl (C=O) groups is 1. The van der Waals surface area contributed by atoms with Crippen molar-refractivity contribution in [3.05, 3.63) is 70.8 Å². The molecule has 1 fully saturated rings. The minimum Gasteiger partial charge on any atom is -0.342 e. The van der Waals surface area contributed by atoms with Gasteiger partial charge in [0, 0.05) is 31.0 Å². The van der Waals surface area contributed by atoms with Crippen LogP contribution in [0.25, 0.3) is 11.4 Å². The SMILES string of the molecule is O=C(CCc1cccc(Cl)c1)N1CCC[C@H](Cc2nc(-c3ccccc3F)no2)C1. The van der Waals surface area contributed by atoms with Crippen LogP contribution in [0.4, 0.5) is 4.39 Å². The molecule has 156 valence electrons. The van der Waals surface area contributed by atoms with Gasteiger partial charge in [-0.1, -0.05) is 41.0 Å². The van der Waals surface area contributed by atoms with Gasteiger partial charge in [-0.3, -0.25) is 4.79 Å². The molecule has 1 aromatic heterocycles. The van der Waals surface area contributed by atoms with Crippen LogP contribution in [-0.2, 0) is 17.6 Å². The minimum absolute atomic E-state index is 0.150. The van der Waals surface area contributed by atoms with Crippen molar-refractivity contribution < 1.29 is 13.7 Å². The van der Waals surface area contributed by atoms with Crippen LogP contribution < -0.4 is 0 Å². The van der Waals surface area contributed by atoms with E-state index in [1.165, 1.54) is 6.07 Å². The Morgan fingerprint density at radius 1 is 1.23 bits per heavy atom. The van der Waals surface area contributed by atoms with Crippen molar-refractivity contribution in [3.63, 3.8) is 0 Å². The van der Waals surface area contributed by atoms with Gasteiger partial charge in [0.2, 0.25) is 17.6 Å². The number of rotatable bonds is 6. The number of piperidine rings is 1. The Bertz CT molecular complexity index is 1020. The fourth-order valence-electron chi connectivity index (χ4n) is 3.90. The molecule has 0 spiro atoms. The molecule has 0 aliphatic carbocycles. The second-order valence-corrected chi connectivity index (χ2v) is 8.11. The van der Waals surface area contributed by atoms with E-state index in [0.29, 0.717) is 42.3 Å². The zero-order valence-electron chi connectivity index (χ0n) is 16.6. The van der Waals surface area contributed by atoms with Crippen molar-refractivity contribution in [2.45, 2.75) is 32.1 Å². The van der Waals surface area contributed by atoms with E-state index < -0.39 is 0 Å². The molecule has 1 saturated heterocycles. The van der Waals surface area contributed by atoms with Crippen LogP contribution in [0.15, 0.2) is 53.1 Å². The number of aromatic nitrogens is 2. The molecule has 1 atom stereocenters. The molecule has 1 amide bonds. The van der Waals surface area contributed by atoms with E-state index in [9.17, 15) is 9.18 Å². The molecule has 0 N–H and O–H groups in total. The number of nitrogens with zero attached hydrogens (tertiary/aromatic N) is 3. The van der Waals surface area contributed by atoms with E-state index in [4.69, 9.17) is 16.1 Å². The predicted octanol–water partition coefficient (Wildman–Crippen LogP) is 4.94. The zero-order valence-corrected chi connectivity index (χ0v) is 17.3. The van der Waals surface area contributed by atoms with E-state index in [1.807, 2.05) is 29.2 Å². The third-order valence-electron chi connectivity index (χ3n) is 5.43. The molecular formula is C23H23ClFN3O2. The van der Waals surface area contributed by atoms with Crippen molar-refractivity contribution >= 4 is 17.5 Å². The first-order valence-electron chi connectivity index (χ1n) is 10.2. The Morgan fingerprint density at radius 2 is 2.10 bits per heavy atom. The molecule has 2 heterocycles. The van der Waals surface area contributed by atoms with Gasteiger partial charge in [0.25, 0.3) is 0 Å². The van der Waals surface area contributed by atoms with E-state index in [1.54, 1.807) is 18.2 Å². The number of hydrogen-bond acceptors (Lipinski definition) is 4. The molecule has 0 radical (unpaired) electrons. The molecule has 0 unspecified atom stereocenters. The first kappa shape index (κ1) is 20.5. The largest absolute Gasteiger partial charge is 0.342 e. The lowest BCUT2D eigenvalue weighted by Gasteiger charge is -2.32. The van der Waals surface area contributed by atoms with Crippen LogP contribution >= 0.6 is 11.6 Å². The maximum Gasteiger partial charge on any atom is 0.227 e. The highest BCUT2D eigenvalue weighted by atomic mass is 35.5. The molecule has 0 saturated carbocycles. The van der Waals surface area contributed by atoms with Crippen LogP contribution in [0.1, 0.15) is 30.7 Å². The number of hydrogen-bond donors (Lipinski definition) is 0. The fraction of sp³-hybridized carbons (Fsp3) is 0.348. The number of halogens is 2. The van der Waals surface area contributed by atoms with E-state index in [-0.39, 0.29) is 23.5 Å². The highest BCUT2D eigenvalue weighted by molar-refractivity contribution is 6.30. The van der Waals surface area contributed by atoms with Gasteiger partial charge in [-0.15, -0.1) is 0 Å². The average Bonchev–Trinajstić information content (AvgIpc) is 3.21. The van der Waals surface area contributed by atoms with E-state index >= 15 is 0 Å². The average molecular weight is 428 g/mol. The summed E-state index contributed by atoms with van der Waals surface area (Å²) in [5.74, 6) is 0.763. The highest BCUT2D eigenvalue weighted by Crippen LogP contribution is 2.24. The van der Waals surface area contributed by atoms with Crippen molar-refractivity contribution in [2.75, 3.05) is 13.1 Å². The molecule has 7 heteroatoms. The first-order valence-corrected chi connectivity index (χ1v) is 10.6. The second kappa shape index (κ2) is 9.39. The van der Waals surface area contributed by atoms with Crippen molar-refractivity contribution in [3.8, 4) is 11.4 Å². The molecule has 30 heavy (non-hydrogen) atoms. The molecule has 5 nitrogen and oxygen atoms in total. The third-order valence-corrected chi connectivity index (χ3v) is 5.67. The summed E-state index contributed by atoms with van der Waals surface area (Å²) in [5.41, 5.74) is 1.39. The summed E-state index contributed by atoms with van der Waals surface area (Å²) in [6, 6.07) is 14.0. The van der Waals surface area contributed by atoms with Crippen LogP contribution in [0.3, 0.4) is 0 Å². The Hall–Kier alpha value is -2.73. The number of likely N-dealkylation sites (tertiary alicyclic amines) is 1. The molecule has 1 aliphatic rings. The normalized spacial score (nSPS) is 16.6. The maximum atomic E-state index is 13.9. The fourth-order valence-corrected chi connectivity index (χ4v) is 4.11. The van der Waals surface area contributed by atoms with Gasteiger partial charge in [0.1, 0.15) is 5.82 Å². The number of amides is 1. The topological polar surface area (TPSA) is 59.2 Å². The lowest BCUT2D eigenvalue weighted by atomic mass is 9.94. The molecule has 3 aromatic rings. The summed E-state index contributed by atoms with van der Waals surface area (Å²) < 4.78 is 19.3. The summed E-state index contributed by atoms with van der Waals surface area (Å²) in [6.45, 7) is 1.45. The Morgan fingerprint density at radius 3 is 2.93 bits per heavy atom. The standard InChI is InChI=1S/C23H23ClFN3O2/c24-18-7-3-5-16(13-18)10-11-22(29)28-12-4-6-17(15-28)14-21-26-23(27-30-21)19-8-1-2-9-20(19)25/h1-3,5,7-9,13,17H,4,6,10-12,14-15H2/t17-/m1/s1. The molecular weight excluding hydrogens is 405 g/mol. The quantitative estimate of drug-likeness (QED) is 0.558. The highest BCUT2D eigenvalue weighted by Gasteiger charge is 2.25. The minimum atomic E-state index is -0.376. The summed E-state index contributed by atoms with van der Waals surface area (Å²) in [7, 11) is 0. The van der Waals surface area contributed by atoms with Gasteiger partial charge in [-0.2, -0.15) is 4.98 Å². The Kier molecular flexibility index (Phi) is 6.43. The van der Waals surface area contributed by atoms with Crippen LogP contribution in [0.5, 0.6) is 0 Å². The van der Waals surface area contributed by atoms with Crippen LogP contribution in [0, 0.1) is 11.7 Å². The predicted molar refractivity (Wildman–Crippen MR) is 112 cm³/mol.